The van der Waals surface area contributed by atoms with Crippen molar-refractivity contribution in [2.24, 2.45) is 0 Å². The molecule has 56 valence electrons. The van der Waals surface area contributed by atoms with Crippen LogP contribution < -0.4 is 4.72 Å². The number of nitrogens with one attached hydrogen (secondary N) is 1. The summed E-state index contributed by atoms with van der Waals surface area (Å²) in [4.78, 5) is 0. The molecule has 0 spiro atoms. The highest BCUT2D eigenvalue weighted by molar-refractivity contribution is 7.96. The minimum absolute atomic E-state index is 1.17. The van der Waals surface area contributed by atoms with Gasteiger partial charge in [-0.3, -0.25) is 4.72 Å². The Morgan fingerprint density at radius 3 is 2.56 bits per heavy atom. The molecule has 0 aromatic rings. The van der Waals surface area contributed by atoms with E-state index < -0.39 is 0 Å². The number of hydrogen-bond donors (Lipinski definition) is 1. The van der Waals surface area contributed by atoms with Gasteiger partial charge in [-0.2, -0.15) is 0 Å². The van der Waals surface area contributed by atoms with Crippen molar-refractivity contribution in [1.82, 2.24) is 4.72 Å². The van der Waals surface area contributed by atoms with Crippen LogP contribution in [-0.4, -0.2) is 12.8 Å². The molecule has 0 rings (SSSR count). The van der Waals surface area contributed by atoms with Gasteiger partial charge in [0.05, 0.1) is 0 Å². The molecule has 1 N–H and O–H groups in total. The summed E-state index contributed by atoms with van der Waals surface area (Å²) >= 11 is 1.71. The minimum Gasteiger partial charge on any atom is -0.264 e. The maximum absolute atomic E-state index is 3.22. The zero-order valence-corrected chi connectivity index (χ0v) is 7.26. The summed E-state index contributed by atoms with van der Waals surface area (Å²) in [6.45, 7) is 3.41. The van der Waals surface area contributed by atoms with Crippen molar-refractivity contribution < 1.29 is 0 Å². The molecule has 0 saturated heterocycles. The van der Waals surface area contributed by atoms with Gasteiger partial charge in [-0.05, 0) is 12.7 Å². The van der Waals surface area contributed by atoms with E-state index in [4.69, 9.17) is 0 Å². The van der Waals surface area contributed by atoms with Gasteiger partial charge < -0.3 is 0 Å². The lowest BCUT2D eigenvalue weighted by molar-refractivity contribution is 0.663. The van der Waals surface area contributed by atoms with Crippen LogP contribution in [0.1, 0.15) is 32.6 Å². The lowest BCUT2D eigenvalue weighted by Crippen LogP contribution is -2.03. The van der Waals surface area contributed by atoms with Crippen molar-refractivity contribution >= 4 is 11.9 Å². The quantitative estimate of drug-likeness (QED) is 0.457. The first-order valence-corrected chi connectivity index (χ1v) is 4.90. The van der Waals surface area contributed by atoms with Gasteiger partial charge >= 0.3 is 0 Å². The van der Waals surface area contributed by atoms with Crippen LogP contribution in [0, 0.1) is 0 Å². The van der Waals surface area contributed by atoms with E-state index in [0.717, 1.165) is 0 Å². The average Bonchev–Trinajstić information content (AvgIpc) is 1.89. The summed E-state index contributed by atoms with van der Waals surface area (Å²) in [5.74, 6) is 0. The van der Waals surface area contributed by atoms with Crippen LogP contribution in [0.2, 0.25) is 0 Å². The fourth-order valence-electron chi connectivity index (χ4n) is 0.726. The molecule has 0 saturated carbocycles. The van der Waals surface area contributed by atoms with E-state index in [-0.39, 0.29) is 0 Å². The summed E-state index contributed by atoms with van der Waals surface area (Å²) in [5, 5.41) is 0. The number of hydrogen-bond acceptors (Lipinski definition) is 2. The van der Waals surface area contributed by atoms with Crippen molar-refractivity contribution in [2.75, 3.05) is 12.8 Å². The average molecular weight is 147 g/mol. The van der Waals surface area contributed by atoms with Gasteiger partial charge in [0, 0.05) is 6.54 Å². The van der Waals surface area contributed by atoms with Crippen LogP contribution in [0.25, 0.3) is 0 Å². The third-order valence-electron chi connectivity index (χ3n) is 1.28. The maximum Gasteiger partial charge on any atom is 0.00584 e. The highest BCUT2D eigenvalue weighted by Gasteiger charge is 1.84. The predicted molar refractivity (Wildman–Crippen MR) is 45.7 cm³/mol. The molecule has 0 unspecified atom stereocenters. The van der Waals surface area contributed by atoms with E-state index >= 15 is 0 Å². The molecule has 0 bridgehead atoms. The summed E-state index contributed by atoms with van der Waals surface area (Å²) in [5.41, 5.74) is 0. The fourth-order valence-corrected chi connectivity index (χ4v) is 1.07. The Hall–Kier alpha value is 0.310. The second kappa shape index (κ2) is 8.31. The molecule has 0 heterocycles. The minimum atomic E-state index is 1.17. The second-order valence-corrected chi connectivity index (χ2v) is 2.86. The summed E-state index contributed by atoms with van der Waals surface area (Å²) in [6, 6.07) is 0. The Labute approximate surface area is 62.7 Å². The Morgan fingerprint density at radius 2 is 2.00 bits per heavy atom. The topological polar surface area (TPSA) is 12.0 Å². The van der Waals surface area contributed by atoms with Crippen molar-refractivity contribution in [3.8, 4) is 0 Å². The zero-order chi connectivity index (χ0) is 6.95. The molecule has 0 aliphatic carbocycles. The SMILES string of the molecule is CCCCCCNSC. The molecule has 0 aliphatic rings. The normalized spacial score (nSPS) is 10.0. The van der Waals surface area contributed by atoms with Gasteiger partial charge in [0.25, 0.3) is 0 Å². The first kappa shape index (κ1) is 9.31. The Morgan fingerprint density at radius 1 is 1.22 bits per heavy atom. The standard InChI is InChI=1S/C7H17NS/c1-3-4-5-6-7-8-9-2/h8H,3-7H2,1-2H3. The number of rotatable bonds is 6. The van der Waals surface area contributed by atoms with Crippen LogP contribution in [0.15, 0.2) is 0 Å². The molecule has 9 heavy (non-hydrogen) atoms. The van der Waals surface area contributed by atoms with Gasteiger partial charge in [-0.25, -0.2) is 0 Å². The van der Waals surface area contributed by atoms with Gasteiger partial charge in [0.15, 0.2) is 0 Å². The molecule has 1 nitrogen and oxygen atoms in total. The summed E-state index contributed by atoms with van der Waals surface area (Å²) in [7, 11) is 0. The molecule has 0 aromatic carbocycles. The van der Waals surface area contributed by atoms with E-state index in [2.05, 4.69) is 17.9 Å². The van der Waals surface area contributed by atoms with Crippen LogP contribution in [-0.2, 0) is 0 Å². The van der Waals surface area contributed by atoms with E-state index in [0.29, 0.717) is 0 Å². The predicted octanol–water partition coefficient (Wildman–Crippen LogP) is 2.43. The lowest BCUT2D eigenvalue weighted by Gasteiger charge is -1.98. The molecule has 0 amide bonds. The van der Waals surface area contributed by atoms with Crippen LogP contribution in [0.5, 0.6) is 0 Å². The highest BCUT2D eigenvalue weighted by Crippen LogP contribution is 1.97. The van der Waals surface area contributed by atoms with E-state index in [1.165, 1.54) is 32.2 Å². The zero-order valence-electron chi connectivity index (χ0n) is 6.44. The van der Waals surface area contributed by atoms with E-state index in [9.17, 15) is 0 Å². The first-order chi connectivity index (χ1) is 4.41. The maximum atomic E-state index is 3.22. The third-order valence-corrected chi connectivity index (χ3v) is 1.77. The monoisotopic (exact) mass is 147 g/mol. The largest absolute Gasteiger partial charge is 0.264 e. The summed E-state index contributed by atoms with van der Waals surface area (Å²) in [6.07, 6.45) is 7.49. The molecule has 2 heteroatoms. The van der Waals surface area contributed by atoms with E-state index in [1.807, 2.05) is 0 Å². The van der Waals surface area contributed by atoms with Crippen LogP contribution in [0.4, 0.5) is 0 Å². The molecule has 0 radical (unpaired) electrons. The molecular formula is C7H17NS. The molecular weight excluding hydrogens is 130 g/mol. The van der Waals surface area contributed by atoms with Crippen molar-refractivity contribution in [3.05, 3.63) is 0 Å². The molecule has 0 aliphatic heterocycles. The second-order valence-electron chi connectivity index (χ2n) is 2.16. The fraction of sp³-hybridized carbons (Fsp3) is 1.00. The first-order valence-electron chi connectivity index (χ1n) is 3.67. The van der Waals surface area contributed by atoms with E-state index in [1.54, 1.807) is 11.9 Å². The Kier molecular flexibility index (Phi) is 8.60. The molecule has 0 aromatic heterocycles. The summed E-state index contributed by atoms with van der Waals surface area (Å²) < 4.78 is 3.22. The van der Waals surface area contributed by atoms with Gasteiger partial charge in [0.2, 0.25) is 0 Å². The van der Waals surface area contributed by atoms with Gasteiger partial charge in [-0.1, -0.05) is 38.1 Å². The van der Waals surface area contributed by atoms with Crippen molar-refractivity contribution in [3.63, 3.8) is 0 Å². The van der Waals surface area contributed by atoms with Crippen LogP contribution >= 0.6 is 11.9 Å². The van der Waals surface area contributed by atoms with Crippen molar-refractivity contribution in [2.45, 2.75) is 32.6 Å². The highest BCUT2D eigenvalue weighted by atomic mass is 32.2. The third kappa shape index (κ3) is 8.31. The Bertz CT molecular complexity index is 42.2. The van der Waals surface area contributed by atoms with Crippen LogP contribution in [0.3, 0.4) is 0 Å². The lowest BCUT2D eigenvalue weighted by atomic mass is 10.2. The molecule has 0 atom stereocenters. The van der Waals surface area contributed by atoms with Gasteiger partial charge in [0.1, 0.15) is 0 Å². The molecule has 0 fully saturated rings. The smallest absolute Gasteiger partial charge is 0.00584 e. The Balaban J connectivity index is 2.60. The van der Waals surface area contributed by atoms with Crippen molar-refractivity contribution in [1.29, 1.82) is 0 Å². The van der Waals surface area contributed by atoms with Gasteiger partial charge in [-0.15, -0.1) is 0 Å². The number of unbranched alkanes of at least 4 members (excludes halogenated alkanes) is 3.